The lowest BCUT2D eigenvalue weighted by atomic mass is 10.0. The molecule has 0 aliphatic rings. The molecule has 0 saturated heterocycles. The first-order valence-corrected chi connectivity index (χ1v) is 4.45. The smallest absolute Gasteiger partial charge is 0.335 e. The molecule has 0 fully saturated rings. The third-order valence-electron chi connectivity index (χ3n) is 1.84. The molecule has 7 nitrogen and oxygen atoms in total. The predicted octanol–water partition coefficient (Wildman–Crippen LogP) is -2.45. The summed E-state index contributed by atoms with van der Waals surface area (Å²) >= 11 is 0. The number of rotatable bonds is 7. The minimum Gasteiger partial charge on any atom is -0.479 e. The average molecular weight is 224 g/mol. The third kappa shape index (κ3) is 4.10. The van der Waals surface area contributed by atoms with Crippen molar-refractivity contribution in [3.05, 3.63) is 0 Å². The number of hydrogen-bond donors (Lipinski definition) is 5. The molecule has 0 aliphatic heterocycles. The van der Waals surface area contributed by atoms with Gasteiger partial charge in [0, 0.05) is 6.61 Å². The fraction of sp³-hybridized carbons (Fsp3) is 0.875. The minimum atomic E-state index is -2.07. The van der Waals surface area contributed by atoms with Crippen LogP contribution in [0.15, 0.2) is 0 Å². The third-order valence-corrected chi connectivity index (χ3v) is 1.84. The van der Waals surface area contributed by atoms with Gasteiger partial charge < -0.3 is 30.3 Å². The molecule has 0 amide bonds. The highest BCUT2D eigenvalue weighted by Crippen LogP contribution is 2.09. The zero-order valence-electron chi connectivity index (χ0n) is 8.28. The predicted molar refractivity (Wildman–Crippen MR) is 48.2 cm³/mol. The van der Waals surface area contributed by atoms with Crippen molar-refractivity contribution in [2.24, 2.45) is 0 Å². The first-order valence-electron chi connectivity index (χ1n) is 4.45. The van der Waals surface area contributed by atoms with Crippen molar-refractivity contribution in [3.63, 3.8) is 0 Å². The molecule has 0 aliphatic carbocycles. The highest BCUT2D eigenvalue weighted by molar-refractivity contribution is 5.72. The van der Waals surface area contributed by atoms with Crippen LogP contribution < -0.4 is 0 Å². The van der Waals surface area contributed by atoms with Crippen molar-refractivity contribution in [3.8, 4) is 0 Å². The largest absolute Gasteiger partial charge is 0.479 e. The second kappa shape index (κ2) is 6.70. The molecule has 0 radical (unpaired) electrons. The maximum absolute atomic E-state index is 10.4. The van der Waals surface area contributed by atoms with Crippen LogP contribution in [0.25, 0.3) is 0 Å². The molecule has 0 aromatic heterocycles. The number of hydrogen-bond acceptors (Lipinski definition) is 6. The summed E-state index contributed by atoms with van der Waals surface area (Å²) in [6.07, 6.45) is -6.66. The Morgan fingerprint density at radius 1 is 1.33 bits per heavy atom. The van der Waals surface area contributed by atoms with Gasteiger partial charge in [0.25, 0.3) is 0 Å². The summed E-state index contributed by atoms with van der Waals surface area (Å²) in [5, 5.41) is 44.6. The quantitative estimate of drug-likeness (QED) is 0.325. The van der Waals surface area contributed by atoms with E-state index in [9.17, 15) is 15.0 Å². The van der Waals surface area contributed by atoms with E-state index in [0.29, 0.717) is 0 Å². The first kappa shape index (κ1) is 14.3. The van der Waals surface area contributed by atoms with Gasteiger partial charge in [-0.05, 0) is 6.92 Å². The molecule has 5 N–H and O–H groups in total. The van der Waals surface area contributed by atoms with Crippen molar-refractivity contribution in [2.75, 3.05) is 13.2 Å². The van der Waals surface area contributed by atoms with Gasteiger partial charge in [-0.1, -0.05) is 0 Å². The van der Waals surface area contributed by atoms with Crippen molar-refractivity contribution in [2.45, 2.75) is 31.3 Å². The maximum Gasteiger partial charge on any atom is 0.335 e. The number of aliphatic carboxylic acids is 1. The summed E-state index contributed by atoms with van der Waals surface area (Å²) < 4.78 is 4.84. The summed E-state index contributed by atoms with van der Waals surface area (Å²) in [4.78, 5) is 10.4. The monoisotopic (exact) mass is 224 g/mol. The summed E-state index contributed by atoms with van der Waals surface area (Å²) in [5.41, 5.74) is 0. The van der Waals surface area contributed by atoms with Gasteiger partial charge in [-0.2, -0.15) is 0 Å². The molecule has 0 saturated carbocycles. The number of ether oxygens (including phenoxy) is 1. The molecule has 0 rings (SSSR count). The molecular formula is C8H16O7. The van der Waals surface area contributed by atoms with Crippen LogP contribution in [-0.2, 0) is 9.53 Å². The molecule has 0 heterocycles. The Hall–Kier alpha value is -0.730. The highest BCUT2D eigenvalue weighted by atomic mass is 16.5. The number of carboxylic acid groups (broad SMARTS) is 1. The Bertz CT molecular complexity index is 195. The standard InChI is InChI=1S/C8H16O7/c1-2-15-7(4(10)3-9)5(11)6(12)8(13)14/h4-7,9-12H,2-3H2,1H3,(H,13,14)/t4-,5-,6-,7-/m1/s1. The van der Waals surface area contributed by atoms with Crippen molar-refractivity contribution < 1.29 is 35.1 Å². The van der Waals surface area contributed by atoms with Crippen LogP contribution in [0.3, 0.4) is 0 Å². The molecule has 0 bridgehead atoms. The SMILES string of the molecule is CCO[C@@H]([C@H](O)[C@@H](O)C(=O)O)[C@H](O)CO. The van der Waals surface area contributed by atoms with Crippen molar-refractivity contribution >= 4 is 5.97 Å². The molecule has 0 spiro atoms. The van der Waals surface area contributed by atoms with E-state index in [1.807, 2.05) is 0 Å². The number of carbonyl (C=O) groups is 1. The Balaban J connectivity index is 4.53. The van der Waals surface area contributed by atoms with Gasteiger partial charge in [0.15, 0.2) is 6.10 Å². The Kier molecular flexibility index (Phi) is 6.37. The summed E-state index contributed by atoms with van der Waals surface area (Å²) in [6, 6.07) is 0. The van der Waals surface area contributed by atoms with Crippen LogP contribution in [0.4, 0.5) is 0 Å². The first-order chi connectivity index (χ1) is 6.95. The lowest BCUT2D eigenvalue weighted by Crippen LogP contribution is -2.50. The zero-order valence-corrected chi connectivity index (χ0v) is 8.28. The second-order valence-corrected chi connectivity index (χ2v) is 2.94. The van der Waals surface area contributed by atoms with E-state index in [4.69, 9.17) is 20.1 Å². The number of aliphatic hydroxyl groups is 4. The van der Waals surface area contributed by atoms with E-state index in [0.717, 1.165) is 0 Å². The van der Waals surface area contributed by atoms with E-state index in [1.54, 1.807) is 6.92 Å². The summed E-state index contributed by atoms with van der Waals surface area (Å²) in [6.45, 7) is 0.968. The van der Waals surface area contributed by atoms with Gasteiger partial charge in [-0.3, -0.25) is 0 Å². The molecule has 7 heteroatoms. The van der Waals surface area contributed by atoms with Gasteiger partial charge in [-0.15, -0.1) is 0 Å². The lowest BCUT2D eigenvalue weighted by molar-refractivity contribution is -0.170. The summed E-state index contributed by atoms with van der Waals surface area (Å²) in [7, 11) is 0. The molecule has 15 heavy (non-hydrogen) atoms. The van der Waals surface area contributed by atoms with Gasteiger partial charge in [-0.25, -0.2) is 4.79 Å². The number of aliphatic hydroxyl groups excluding tert-OH is 4. The second-order valence-electron chi connectivity index (χ2n) is 2.94. The van der Waals surface area contributed by atoms with Crippen LogP contribution in [0, 0.1) is 0 Å². The van der Waals surface area contributed by atoms with Crippen LogP contribution in [0.2, 0.25) is 0 Å². The molecule has 0 aromatic carbocycles. The minimum absolute atomic E-state index is 0.102. The van der Waals surface area contributed by atoms with Gasteiger partial charge >= 0.3 is 5.97 Å². The van der Waals surface area contributed by atoms with E-state index in [2.05, 4.69) is 0 Å². The van der Waals surface area contributed by atoms with E-state index in [1.165, 1.54) is 0 Å². The molecule has 0 aromatic rings. The summed E-state index contributed by atoms with van der Waals surface area (Å²) in [5.74, 6) is -1.63. The Labute approximate surface area is 86.5 Å². The van der Waals surface area contributed by atoms with E-state index >= 15 is 0 Å². The average Bonchev–Trinajstić information content (AvgIpc) is 2.22. The van der Waals surface area contributed by atoms with Crippen LogP contribution >= 0.6 is 0 Å². The maximum atomic E-state index is 10.4. The van der Waals surface area contributed by atoms with E-state index < -0.39 is 37.0 Å². The van der Waals surface area contributed by atoms with Gasteiger partial charge in [0.2, 0.25) is 0 Å². The topological polar surface area (TPSA) is 127 Å². The number of carboxylic acids is 1. The van der Waals surface area contributed by atoms with Crippen molar-refractivity contribution in [1.82, 2.24) is 0 Å². The molecule has 4 atom stereocenters. The normalized spacial score (nSPS) is 19.3. The zero-order chi connectivity index (χ0) is 12.0. The Morgan fingerprint density at radius 3 is 2.20 bits per heavy atom. The molecule has 0 unspecified atom stereocenters. The van der Waals surface area contributed by atoms with Crippen molar-refractivity contribution in [1.29, 1.82) is 0 Å². The van der Waals surface area contributed by atoms with Crippen LogP contribution in [-0.4, -0.2) is 69.1 Å². The Morgan fingerprint density at radius 2 is 1.87 bits per heavy atom. The fourth-order valence-corrected chi connectivity index (χ4v) is 1.06. The highest BCUT2D eigenvalue weighted by Gasteiger charge is 2.35. The van der Waals surface area contributed by atoms with E-state index in [-0.39, 0.29) is 6.61 Å². The lowest BCUT2D eigenvalue weighted by Gasteiger charge is -2.27. The molecule has 90 valence electrons. The molecular weight excluding hydrogens is 208 g/mol. The fourth-order valence-electron chi connectivity index (χ4n) is 1.06. The van der Waals surface area contributed by atoms with Gasteiger partial charge in [0.05, 0.1) is 6.61 Å². The van der Waals surface area contributed by atoms with Crippen LogP contribution in [0.1, 0.15) is 6.92 Å². The van der Waals surface area contributed by atoms with Gasteiger partial charge in [0.1, 0.15) is 18.3 Å². The van der Waals surface area contributed by atoms with Crippen LogP contribution in [0.5, 0.6) is 0 Å².